The molecule has 6 nitrogen and oxygen atoms in total. The van der Waals surface area contributed by atoms with E-state index in [1.54, 1.807) is 67.2 Å². The fraction of sp³-hybridized carbons (Fsp3) is 0.0952. The molecule has 7 heteroatoms. The number of anilines is 1. The van der Waals surface area contributed by atoms with Crippen LogP contribution in [0.15, 0.2) is 71.7 Å². The molecule has 0 unspecified atom stereocenters. The zero-order chi connectivity index (χ0) is 19.7. The minimum atomic E-state index is -0.780. The quantitative estimate of drug-likeness (QED) is 0.415. The number of carbonyl (C=O) groups excluding carboxylic acids is 2. The molecule has 1 aliphatic rings. The predicted molar refractivity (Wildman–Crippen MR) is 106 cm³/mol. The molecular formula is C21H16N2O4S. The van der Waals surface area contributed by atoms with Crippen molar-refractivity contribution in [1.82, 2.24) is 4.98 Å². The largest absolute Gasteiger partial charge is 0.507 e. The van der Waals surface area contributed by atoms with E-state index in [9.17, 15) is 14.7 Å². The van der Waals surface area contributed by atoms with E-state index in [1.165, 1.54) is 16.2 Å². The van der Waals surface area contributed by atoms with Crippen molar-refractivity contribution in [2.45, 2.75) is 6.04 Å². The van der Waals surface area contributed by atoms with Gasteiger partial charge in [-0.25, -0.2) is 4.98 Å². The van der Waals surface area contributed by atoms with Gasteiger partial charge in [0.2, 0.25) is 0 Å². The highest BCUT2D eigenvalue weighted by molar-refractivity contribution is 7.14. The molecule has 28 heavy (non-hydrogen) atoms. The summed E-state index contributed by atoms with van der Waals surface area (Å²) in [5.74, 6) is -1.01. The van der Waals surface area contributed by atoms with Crippen molar-refractivity contribution in [3.8, 4) is 5.75 Å². The monoisotopic (exact) mass is 392 g/mol. The number of ketones is 1. The lowest BCUT2D eigenvalue weighted by Gasteiger charge is -2.23. The van der Waals surface area contributed by atoms with E-state index in [1.807, 2.05) is 6.07 Å². The van der Waals surface area contributed by atoms with Crippen LogP contribution >= 0.6 is 11.3 Å². The van der Waals surface area contributed by atoms with Gasteiger partial charge in [0.15, 0.2) is 5.13 Å². The average molecular weight is 392 g/mol. The van der Waals surface area contributed by atoms with Gasteiger partial charge in [-0.1, -0.05) is 42.5 Å². The van der Waals surface area contributed by atoms with E-state index >= 15 is 0 Å². The number of carbonyl (C=O) groups is 2. The van der Waals surface area contributed by atoms with Crippen molar-refractivity contribution in [3.05, 3.63) is 82.9 Å². The highest BCUT2D eigenvalue weighted by Crippen LogP contribution is 2.42. The summed E-state index contributed by atoms with van der Waals surface area (Å²) in [5, 5.41) is 13.0. The number of hydrogen-bond donors (Lipinski definition) is 1. The minimum Gasteiger partial charge on any atom is -0.507 e. The van der Waals surface area contributed by atoms with E-state index in [0.717, 1.165) is 0 Å². The number of thiazole rings is 1. The van der Waals surface area contributed by atoms with Gasteiger partial charge < -0.3 is 9.84 Å². The van der Waals surface area contributed by atoms with Gasteiger partial charge in [0.05, 0.1) is 18.7 Å². The van der Waals surface area contributed by atoms with Crippen LogP contribution in [0.2, 0.25) is 0 Å². The van der Waals surface area contributed by atoms with Gasteiger partial charge >= 0.3 is 5.91 Å². The Morgan fingerprint density at radius 3 is 2.43 bits per heavy atom. The number of aliphatic hydroxyl groups excluding tert-OH is 1. The maximum absolute atomic E-state index is 12.9. The van der Waals surface area contributed by atoms with Gasteiger partial charge in [0.1, 0.15) is 11.5 Å². The van der Waals surface area contributed by atoms with Gasteiger partial charge in [-0.2, -0.15) is 0 Å². The fourth-order valence-electron chi connectivity index (χ4n) is 3.22. The molecule has 1 aliphatic heterocycles. The molecule has 1 saturated heterocycles. The summed E-state index contributed by atoms with van der Waals surface area (Å²) in [4.78, 5) is 31.2. The van der Waals surface area contributed by atoms with Crippen LogP contribution in [-0.4, -0.2) is 28.9 Å². The molecule has 2 heterocycles. The van der Waals surface area contributed by atoms with Gasteiger partial charge in [-0.05, 0) is 17.7 Å². The lowest BCUT2D eigenvalue weighted by Crippen LogP contribution is -2.29. The smallest absolute Gasteiger partial charge is 0.301 e. The third kappa shape index (κ3) is 2.95. The molecule has 1 amide bonds. The number of hydrogen-bond acceptors (Lipinski definition) is 6. The van der Waals surface area contributed by atoms with Crippen molar-refractivity contribution in [2.24, 2.45) is 0 Å². The van der Waals surface area contributed by atoms with Crippen LogP contribution in [0.5, 0.6) is 5.75 Å². The first-order chi connectivity index (χ1) is 13.6. The second-order valence-corrected chi connectivity index (χ2v) is 7.00. The molecule has 3 aromatic rings. The molecule has 0 radical (unpaired) electrons. The van der Waals surface area contributed by atoms with Gasteiger partial charge in [-0.3, -0.25) is 14.5 Å². The summed E-state index contributed by atoms with van der Waals surface area (Å²) in [7, 11) is 1.56. The van der Waals surface area contributed by atoms with Crippen LogP contribution in [-0.2, 0) is 9.59 Å². The first-order valence-corrected chi connectivity index (χ1v) is 9.39. The van der Waals surface area contributed by atoms with E-state index in [0.29, 0.717) is 22.0 Å². The van der Waals surface area contributed by atoms with Gasteiger partial charge in [-0.15, -0.1) is 11.3 Å². The van der Waals surface area contributed by atoms with Crippen molar-refractivity contribution in [2.75, 3.05) is 12.0 Å². The lowest BCUT2D eigenvalue weighted by atomic mass is 9.95. The number of methoxy groups -OCH3 is 1. The van der Waals surface area contributed by atoms with Crippen LogP contribution in [0, 0.1) is 0 Å². The second kappa shape index (κ2) is 7.28. The Morgan fingerprint density at radius 1 is 1.11 bits per heavy atom. The number of benzene rings is 2. The zero-order valence-electron chi connectivity index (χ0n) is 14.9. The molecule has 1 aromatic heterocycles. The van der Waals surface area contributed by atoms with Crippen LogP contribution in [0.3, 0.4) is 0 Å². The van der Waals surface area contributed by atoms with Crippen LogP contribution in [0.25, 0.3) is 5.76 Å². The van der Waals surface area contributed by atoms with E-state index < -0.39 is 17.7 Å². The molecule has 4 rings (SSSR count). The Kier molecular flexibility index (Phi) is 4.67. The molecule has 0 spiro atoms. The zero-order valence-corrected chi connectivity index (χ0v) is 15.7. The Hall–Kier alpha value is -3.45. The van der Waals surface area contributed by atoms with Crippen molar-refractivity contribution < 1.29 is 19.4 Å². The van der Waals surface area contributed by atoms with E-state index in [2.05, 4.69) is 4.98 Å². The Labute approximate surface area is 165 Å². The van der Waals surface area contributed by atoms with Crippen LogP contribution in [0.4, 0.5) is 5.13 Å². The van der Waals surface area contributed by atoms with E-state index in [-0.39, 0.29) is 11.3 Å². The third-order valence-electron chi connectivity index (χ3n) is 4.55. The molecule has 0 bridgehead atoms. The highest BCUT2D eigenvalue weighted by atomic mass is 32.1. The number of nitrogens with zero attached hydrogens (tertiary/aromatic N) is 2. The van der Waals surface area contributed by atoms with Crippen LogP contribution in [0.1, 0.15) is 17.2 Å². The number of ether oxygens (including phenoxy) is 1. The first-order valence-electron chi connectivity index (χ1n) is 8.51. The van der Waals surface area contributed by atoms with E-state index in [4.69, 9.17) is 4.74 Å². The summed E-state index contributed by atoms with van der Waals surface area (Å²) < 4.78 is 5.20. The SMILES string of the molecule is COc1ccc([C@H]2/C(=C(\O)c3ccccc3)C(=O)C(=O)N2c2nccs2)cc1. The Bertz CT molecular complexity index is 1040. The fourth-order valence-corrected chi connectivity index (χ4v) is 3.88. The number of aromatic nitrogens is 1. The summed E-state index contributed by atoms with van der Waals surface area (Å²) in [6.45, 7) is 0. The lowest BCUT2D eigenvalue weighted by molar-refractivity contribution is -0.132. The Balaban J connectivity index is 1.92. The summed E-state index contributed by atoms with van der Waals surface area (Å²) >= 11 is 1.25. The Morgan fingerprint density at radius 2 is 1.82 bits per heavy atom. The summed E-state index contributed by atoms with van der Waals surface area (Å²) in [6, 6.07) is 15.0. The predicted octanol–water partition coefficient (Wildman–Crippen LogP) is 3.78. The van der Waals surface area contributed by atoms with Crippen molar-refractivity contribution >= 4 is 33.9 Å². The maximum Gasteiger partial charge on any atom is 0.301 e. The molecule has 0 aliphatic carbocycles. The standard InChI is InChI=1S/C21H16N2O4S/c1-27-15-9-7-13(8-10-15)17-16(18(24)14-5-3-2-4-6-14)19(25)20(26)23(17)21-22-11-12-28-21/h2-12,17,24H,1H3/b18-16+/t17-/m0/s1. The van der Waals surface area contributed by atoms with Crippen LogP contribution < -0.4 is 9.64 Å². The third-order valence-corrected chi connectivity index (χ3v) is 5.32. The normalized spacial score (nSPS) is 18.5. The summed E-state index contributed by atoms with van der Waals surface area (Å²) in [6.07, 6.45) is 1.57. The number of amides is 1. The number of aliphatic hydroxyl groups is 1. The topological polar surface area (TPSA) is 79.7 Å². The van der Waals surface area contributed by atoms with Crippen molar-refractivity contribution in [3.63, 3.8) is 0 Å². The molecule has 1 N–H and O–H groups in total. The highest BCUT2D eigenvalue weighted by Gasteiger charge is 2.47. The minimum absolute atomic E-state index is 0.0385. The van der Waals surface area contributed by atoms with Gasteiger partial charge in [0, 0.05) is 17.1 Å². The maximum atomic E-state index is 12.9. The van der Waals surface area contributed by atoms with Gasteiger partial charge in [0.25, 0.3) is 5.78 Å². The number of rotatable bonds is 4. The molecule has 1 fully saturated rings. The molecule has 1 atom stereocenters. The molecular weight excluding hydrogens is 376 g/mol. The average Bonchev–Trinajstić information content (AvgIpc) is 3.35. The van der Waals surface area contributed by atoms with Crippen molar-refractivity contribution in [1.29, 1.82) is 0 Å². The second-order valence-electron chi connectivity index (χ2n) is 6.12. The molecule has 2 aromatic carbocycles. The summed E-state index contributed by atoms with van der Waals surface area (Å²) in [5.41, 5.74) is 1.18. The number of Topliss-reactive ketones (excluding diaryl/α,β-unsaturated/α-hetero) is 1. The molecule has 0 saturated carbocycles. The first kappa shape index (κ1) is 17.9. The molecule has 140 valence electrons.